The third-order valence-corrected chi connectivity index (χ3v) is 4.68. The van der Waals surface area contributed by atoms with Gasteiger partial charge < -0.3 is 25.8 Å². The van der Waals surface area contributed by atoms with Gasteiger partial charge in [-0.05, 0) is 12.1 Å². The average Bonchev–Trinajstić information content (AvgIpc) is 3.20. The molecule has 0 aliphatic carbocycles. The Labute approximate surface area is 161 Å². The van der Waals surface area contributed by atoms with Crippen LogP contribution in [0.2, 0.25) is 0 Å². The van der Waals surface area contributed by atoms with Gasteiger partial charge in [0.2, 0.25) is 5.95 Å². The van der Waals surface area contributed by atoms with Crippen molar-refractivity contribution in [1.82, 2.24) is 19.5 Å². The summed E-state index contributed by atoms with van der Waals surface area (Å²) >= 11 is 0. The molecule has 4 atom stereocenters. The van der Waals surface area contributed by atoms with Gasteiger partial charge in [-0.1, -0.05) is 0 Å². The summed E-state index contributed by atoms with van der Waals surface area (Å²) in [4.78, 5) is 33.3. The van der Waals surface area contributed by atoms with Crippen molar-refractivity contribution in [2.45, 2.75) is 24.5 Å². The number of aromatic amines is 1. The lowest BCUT2D eigenvalue weighted by Gasteiger charge is -2.19. The summed E-state index contributed by atoms with van der Waals surface area (Å²) in [7, 11) is 0. The highest BCUT2D eigenvalue weighted by atomic mass is 16.6. The molecule has 2 aromatic heterocycles. The molecule has 4 rings (SSSR count). The Morgan fingerprint density at radius 2 is 1.93 bits per heavy atom. The third-order valence-electron chi connectivity index (χ3n) is 4.68. The van der Waals surface area contributed by atoms with Gasteiger partial charge in [-0.2, -0.15) is 4.98 Å². The van der Waals surface area contributed by atoms with E-state index in [1.54, 1.807) is 0 Å². The molecule has 1 saturated heterocycles. The van der Waals surface area contributed by atoms with E-state index in [0.717, 1.165) is 0 Å². The van der Waals surface area contributed by atoms with Crippen LogP contribution in [0.1, 0.15) is 6.23 Å². The fraction of sp³-hybridized carbons (Fsp3) is 0.312. The number of fused-ring (bicyclic) bond motifs is 1. The quantitative estimate of drug-likeness (QED) is 0.262. The van der Waals surface area contributed by atoms with Crippen LogP contribution in [0, 0.1) is 10.1 Å². The number of nitrogens with two attached hydrogens (primary N) is 1. The van der Waals surface area contributed by atoms with Crippen LogP contribution in [-0.4, -0.2) is 64.7 Å². The third kappa shape index (κ3) is 3.01. The first-order valence-electron chi connectivity index (χ1n) is 8.47. The molecule has 13 heteroatoms. The Morgan fingerprint density at radius 1 is 1.24 bits per heavy atom. The van der Waals surface area contributed by atoms with Gasteiger partial charge in [0.05, 0.1) is 11.5 Å². The van der Waals surface area contributed by atoms with Gasteiger partial charge in [-0.15, -0.1) is 0 Å². The standard InChI is InChI=1S/C16H16N6O7/c17-16-19-13-9(14(26)20-16)18-12(6-1-3-7(4-2-6)22(27)28)21(13)15-11(25)10(24)8(5-23)29-15/h1-4,8,10-11,15,23-25H,5H2,(H3,17,19,20,26)/t8-,10-,11-,15-/m1/s1. The van der Waals surface area contributed by atoms with Crippen LogP contribution >= 0.6 is 0 Å². The monoisotopic (exact) mass is 404 g/mol. The number of ether oxygens (including phenoxy) is 1. The topological polar surface area (TPSA) is 203 Å². The number of aliphatic hydroxyl groups is 3. The fourth-order valence-electron chi connectivity index (χ4n) is 3.27. The van der Waals surface area contributed by atoms with E-state index < -0.39 is 41.6 Å². The van der Waals surface area contributed by atoms with Gasteiger partial charge in [0.15, 0.2) is 17.4 Å². The van der Waals surface area contributed by atoms with Crippen molar-refractivity contribution in [3.05, 3.63) is 44.7 Å². The zero-order chi connectivity index (χ0) is 20.9. The first kappa shape index (κ1) is 18.9. The van der Waals surface area contributed by atoms with Crippen molar-refractivity contribution in [3.8, 4) is 11.4 Å². The predicted octanol–water partition coefficient (Wildman–Crippen LogP) is -1.11. The van der Waals surface area contributed by atoms with E-state index >= 15 is 0 Å². The maximum absolute atomic E-state index is 12.3. The number of nitro benzene ring substituents is 1. The summed E-state index contributed by atoms with van der Waals surface area (Å²) in [6.07, 6.45) is -5.18. The number of non-ortho nitro benzene ring substituents is 1. The van der Waals surface area contributed by atoms with E-state index in [0.29, 0.717) is 5.56 Å². The van der Waals surface area contributed by atoms with Crippen LogP contribution < -0.4 is 11.3 Å². The van der Waals surface area contributed by atoms with E-state index in [4.69, 9.17) is 10.5 Å². The van der Waals surface area contributed by atoms with Crippen LogP contribution in [0.25, 0.3) is 22.6 Å². The van der Waals surface area contributed by atoms with Crippen LogP contribution in [0.4, 0.5) is 11.6 Å². The van der Waals surface area contributed by atoms with Crippen molar-refractivity contribution in [2.75, 3.05) is 12.3 Å². The molecule has 3 aromatic rings. The number of imidazole rings is 1. The normalized spacial score (nSPS) is 24.2. The highest BCUT2D eigenvalue weighted by molar-refractivity contribution is 5.77. The molecule has 1 aromatic carbocycles. The van der Waals surface area contributed by atoms with Crippen LogP contribution in [0.5, 0.6) is 0 Å². The van der Waals surface area contributed by atoms with Gasteiger partial charge in [-0.3, -0.25) is 24.5 Å². The fourth-order valence-corrected chi connectivity index (χ4v) is 3.27. The van der Waals surface area contributed by atoms with Gasteiger partial charge in [-0.25, -0.2) is 4.98 Å². The molecule has 0 bridgehead atoms. The lowest BCUT2D eigenvalue weighted by molar-refractivity contribution is -0.384. The number of nitrogens with one attached hydrogen (secondary N) is 1. The number of nitrogen functional groups attached to an aromatic ring is 1. The number of nitrogens with zero attached hydrogens (tertiary/aromatic N) is 4. The summed E-state index contributed by atoms with van der Waals surface area (Å²) in [6.45, 7) is -0.551. The zero-order valence-corrected chi connectivity index (χ0v) is 14.7. The number of benzene rings is 1. The first-order chi connectivity index (χ1) is 13.8. The Balaban J connectivity index is 1.95. The number of hydrogen-bond acceptors (Lipinski definition) is 10. The molecule has 0 saturated carbocycles. The summed E-state index contributed by atoms with van der Waals surface area (Å²) in [5, 5.41) is 40.8. The largest absolute Gasteiger partial charge is 0.394 e. The summed E-state index contributed by atoms with van der Waals surface area (Å²) in [5.41, 5.74) is 5.09. The molecule has 152 valence electrons. The Morgan fingerprint density at radius 3 is 2.52 bits per heavy atom. The number of H-pyrrole nitrogens is 1. The minimum atomic E-state index is -1.47. The molecule has 1 aliphatic rings. The summed E-state index contributed by atoms with van der Waals surface area (Å²) in [5.74, 6) is -0.0982. The van der Waals surface area contributed by atoms with Gasteiger partial charge in [0.25, 0.3) is 11.2 Å². The van der Waals surface area contributed by atoms with E-state index in [9.17, 15) is 30.2 Å². The van der Waals surface area contributed by atoms with Crippen molar-refractivity contribution >= 4 is 22.8 Å². The zero-order valence-electron chi connectivity index (χ0n) is 14.7. The lowest BCUT2D eigenvalue weighted by atomic mass is 10.1. The number of aliphatic hydroxyl groups excluding tert-OH is 3. The second-order valence-electron chi connectivity index (χ2n) is 6.46. The molecule has 29 heavy (non-hydrogen) atoms. The molecule has 6 N–H and O–H groups in total. The number of hydrogen-bond donors (Lipinski definition) is 5. The molecule has 1 aliphatic heterocycles. The average molecular weight is 404 g/mol. The molecule has 3 heterocycles. The SMILES string of the molecule is Nc1nc2c(nc(-c3ccc([N+](=O)[O-])cc3)n2[C@@H]2O[C@H](CO)[C@@H](O)[C@H]2O)c(=O)[nH]1. The molecule has 13 nitrogen and oxygen atoms in total. The summed E-state index contributed by atoms with van der Waals surface area (Å²) in [6, 6.07) is 5.33. The Kier molecular flexibility index (Phi) is 4.50. The molecular weight excluding hydrogens is 388 g/mol. The number of nitro groups is 1. The molecule has 1 fully saturated rings. The smallest absolute Gasteiger partial charge is 0.280 e. The van der Waals surface area contributed by atoms with Gasteiger partial charge in [0, 0.05) is 17.7 Å². The Hall–Kier alpha value is -3.39. The Bertz CT molecular complexity index is 1140. The van der Waals surface area contributed by atoms with Gasteiger partial charge >= 0.3 is 0 Å². The number of anilines is 1. The van der Waals surface area contributed by atoms with Crippen molar-refractivity contribution < 1.29 is 25.0 Å². The lowest BCUT2D eigenvalue weighted by Crippen LogP contribution is -2.33. The van der Waals surface area contributed by atoms with E-state index in [-0.39, 0.29) is 28.6 Å². The van der Waals surface area contributed by atoms with Gasteiger partial charge in [0.1, 0.15) is 24.1 Å². The first-order valence-corrected chi connectivity index (χ1v) is 8.47. The minimum absolute atomic E-state index is 0.0190. The molecular formula is C16H16N6O7. The minimum Gasteiger partial charge on any atom is -0.394 e. The second kappa shape index (κ2) is 6.89. The van der Waals surface area contributed by atoms with E-state index in [1.807, 2.05) is 0 Å². The maximum atomic E-state index is 12.3. The number of rotatable bonds is 4. The second-order valence-corrected chi connectivity index (χ2v) is 6.46. The molecule has 0 radical (unpaired) electrons. The van der Waals surface area contributed by atoms with E-state index in [1.165, 1.54) is 28.8 Å². The maximum Gasteiger partial charge on any atom is 0.280 e. The highest BCUT2D eigenvalue weighted by Gasteiger charge is 2.45. The predicted molar refractivity (Wildman–Crippen MR) is 97.7 cm³/mol. The van der Waals surface area contributed by atoms with Crippen LogP contribution in [0.15, 0.2) is 29.1 Å². The van der Waals surface area contributed by atoms with Crippen LogP contribution in [-0.2, 0) is 4.74 Å². The van der Waals surface area contributed by atoms with Crippen molar-refractivity contribution in [2.24, 2.45) is 0 Å². The molecule has 0 spiro atoms. The van der Waals surface area contributed by atoms with Crippen LogP contribution in [0.3, 0.4) is 0 Å². The van der Waals surface area contributed by atoms with E-state index in [2.05, 4.69) is 15.0 Å². The summed E-state index contributed by atoms with van der Waals surface area (Å²) < 4.78 is 6.83. The number of aromatic nitrogens is 4. The molecule has 0 unspecified atom stereocenters. The van der Waals surface area contributed by atoms with Crippen molar-refractivity contribution in [3.63, 3.8) is 0 Å². The van der Waals surface area contributed by atoms with Crippen molar-refractivity contribution in [1.29, 1.82) is 0 Å². The highest BCUT2D eigenvalue weighted by Crippen LogP contribution is 2.35. The molecule has 0 amide bonds.